The maximum absolute atomic E-state index is 14.2. The maximum atomic E-state index is 14.2. The Kier molecular flexibility index (Phi) is 9.36. The molecule has 2 N–H and O–H groups in total. The van der Waals surface area contributed by atoms with Crippen LogP contribution in [0.3, 0.4) is 0 Å². The van der Waals surface area contributed by atoms with Crippen LogP contribution in [0.5, 0.6) is 0 Å². The van der Waals surface area contributed by atoms with Crippen molar-refractivity contribution in [3.63, 3.8) is 0 Å². The van der Waals surface area contributed by atoms with Crippen LogP contribution in [0.15, 0.2) is 140 Å². The van der Waals surface area contributed by atoms with Crippen LogP contribution < -0.4 is 5.32 Å². The van der Waals surface area contributed by atoms with Crippen LogP contribution in [0.25, 0.3) is 11.1 Å². The Hall–Kier alpha value is -5.69. The quantitative estimate of drug-likeness (QED) is 0.149. The molecular formula is C42H40N2O5. The molecule has 2 amide bonds. The molecule has 0 aromatic heterocycles. The molecule has 0 radical (unpaired) electrons. The highest BCUT2D eigenvalue weighted by atomic mass is 16.6. The number of hydrogen-bond acceptors (Lipinski definition) is 4. The lowest BCUT2D eigenvalue weighted by Crippen LogP contribution is -2.57. The van der Waals surface area contributed by atoms with Crippen LogP contribution in [0.2, 0.25) is 0 Å². The minimum absolute atomic E-state index is 0.0249. The summed E-state index contributed by atoms with van der Waals surface area (Å²) < 4.78 is 5.94. The zero-order chi connectivity index (χ0) is 34.6. The Morgan fingerprint density at radius 2 is 1.08 bits per heavy atom. The molecule has 248 valence electrons. The number of carbonyl (C=O) groups is 3. The third-order valence-corrected chi connectivity index (χ3v) is 9.18. The second kappa shape index (κ2) is 13.8. The summed E-state index contributed by atoms with van der Waals surface area (Å²) in [6, 6.07) is 43.3. The average Bonchev–Trinajstić information content (AvgIpc) is 3.43. The smallest absolute Gasteiger partial charge is 0.410 e. The second-order valence-corrected chi connectivity index (χ2v) is 13.3. The number of fused-ring (bicyclic) bond motifs is 3. The number of carboxylic acid groups (broad SMARTS) is 1. The first-order valence-electron chi connectivity index (χ1n) is 16.5. The molecule has 7 nitrogen and oxygen atoms in total. The van der Waals surface area contributed by atoms with E-state index in [1.54, 1.807) is 20.8 Å². The topological polar surface area (TPSA) is 95.9 Å². The van der Waals surface area contributed by atoms with Crippen LogP contribution >= 0.6 is 0 Å². The number of ether oxygens (including phenoxy) is 1. The third-order valence-electron chi connectivity index (χ3n) is 9.18. The van der Waals surface area contributed by atoms with Crippen LogP contribution in [-0.2, 0) is 19.9 Å². The fraction of sp³-hybridized carbons (Fsp3) is 0.214. The zero-order valence-electron chi connectivity index (χ0n) is 27.9. The molecule has 0 spiro atoms. The largest absolute Gasteiger partial charge is 0.480 e. The predicted molar refractivity (Wildman–Crippen MR) is 190 cm³/mol. The van der Waals surface area contributed by atoms with E-state index in [0.29, 0.717) is 0 Å². The van der Waals surface area contributed by atoms with E-state index < -0.39 is 41.5 Å². The standard InChI is InChI=1S/C42H40N2O5/c1-41(2,3)44(40(48)49-28-36-34-25-15-13-23-32(34)33-24-14-16-26-35(33)36)37(39(46)47)27-38(45)43-42(29-17-7-4-8-18-29,30-19-9-5-10-20-30)31-21-11-6-12-22-31/h4-26,36-37H,27-28H2,1-3H3,(H,43,45)(H,46,47). The van der Waals surface area contributed by atoms with Gasteiger partial charge in [0, 0.05) is 11.5 Å². The Labute approximate surface area is 287 Å². The van der Waals surface area contributed by atoms with Gasteiger partial charge >= 0.3 is 12.1 Å². The molecule has 5 aromatic rings. The molecule has 1 unspecified atom stereocenters. The Morgan fingerprint density at radius 3 is 1.49 bits per heavy atom. The summed E-state index contributed by atoms with van der Waals surface area (Å²) in [6.45, 7) is 5.25. The second-order valence-electron chi connectivity index (χ2n) is 13.3. The van der Waals surface area contributed by atoms with Crippen molar-refractivity contribution < 1.29 is 24.2 Å². The first-order valence-corrected chi connectivity index (χ1v) is 16.5. The van der Waals surface area contributed by atoms with E-state index in [1.807, 2.05) is 127 Å². The van der Waals surface area contributed by atoms with E-state index in [2.05, 4.69) is 17.4 Å². The molecule has 1 aliphatic carbocycles. The number of carboxylic acids is 1. The lowest BCUT2D eigenvalue weighted by molar-refractivity contribution is -0.147. The van der Waals surface area contributed by atoms with Gasteiger partial charge in [0.25, 0.3) is 0 Å². The Bertz CT molecular complexity index is 1790. The molecular weight excluding hydrogens is 612 g/mol. The maximum Gasteiger partial charge on any atom is 0.410 e. The minimum Gasteiger partial charge on any atom is -0.480 e. The highest BCUT2D eigenvalue weighted by Gasteiger charge is 2.43. The van der Waals surface area contributed by atoms with Crippen molar-refractivity contribution in [3.8, 4) is 11.1 Å². The van der Waals surface area contributed by atoms with Crippen molar-refractivity contribution in [1.29, 1.82) is 0 Å². The SMILES string of the molecule is CC(C)(C)N(C(=O)OCC1c2ccccc2-c2ccccc21)C(CC(=O)NC(c1ccccc1)(c1ccccc1)c1ccccc1)C(=O)O. The molecule has 49 heavy (non-hydrogen) atoms. The van der Waals surface area contributed by atoms with Gasteiger partial charge in [0.1, 0.15) is 18.2 Å². The zero-order valence-corrected chi connectivity index (χ0v) is 27.9. The van der Waals surface area contributed by atoms with E-state index in [-0.39, 0.29) is 12.5 Å². The van der Waals surface area contributed by atoms with Gasteiger partial charge in [0.15, 0.2) is 0 Å². The van der Waals surface area contributed by atoms with Crippen LogP contribution in [0, 0.1) is 0 Å². The van der Waals surface area contributed by atoms with Crippen LogP contribution in [-0.4, -0.2) is 46.2 Å². The number of benzene rings is 5. The van der Waals surface area contributed by atoms with Crippen LogP contribution in [0.4, 0.5) is 4.79 Å². The van der Waals surface area contributed by atoms with E-state index in [0.717, 1.165) is 38.9 Å². The number of amides is 2. The molecule has 1 aliphatic rings. The number of hydrogen-bond donors (Lipinski definition) is 2. The van der Waals surface area contributed by atoms with Crippen molar-refractivity contribution in [3.05, 3.63) is 167 Å². The van der Waals surface area contributed by atoms with Crippen molar-refractivity contribution in [2.45, 2.75) is 50.2 Å². The summed E-state index contributed by atoms with van der Waals surface area (Å²) in [4.78, 5) is 42.3. The van der Waals surface area contributed by atoms with Gasteiger partial charge in [0.2, 0.25) is 5.91 Å². The monoisotopic (exact) mass is 652 g/mol. The average molecular weight is 653 g/mol. The van der Waals surface area contributed by atoms with E-state index in [1.165, 1.54) is 4.90 Å². The van der Waals surface area contributed by atoms with Gasteiger partial charge < -0.3 is 15.2 Å². The number of nitrogens with zero attached hydrogens (tertiary/aromatic N) is 1. The van der Waals surface area contributed by atoms with Crippen molar-refractivity contribution in [1.82, 2.24) is 10.2 Å². The van der Waals surface area contributed by atoms with Gasteiger partial charge in [-0.15, -0.1) is 0 Å². The van der Waals surface area contributed by atoms with Gasteiger partial charge in [-0.05, 0) is 59.7 Å². The highest BCUT2D eigenvalue weighted by Crippen LogP contribution is 2.45. The summed E-state index contributed by atoms with van der Waals surface area (Å²) in [7, 11) is 0. The highest BCUT2D eigenvalue weighted by molar-refractivity contribution is 5.88. The van der Waals surface area contributed by atoms with Gasteiger partial charge in [-0.2, -0.15) is 0 Å². The molecule has 0 aliphatic heterocycles. The van der Waals surface area contributed by atoms with E-state index >= 15 is 0 Å². The molecule has 0 fully saturated rings. The van der Waals surface area contributed by atoms with Gasteiger partial charge in [-0.1, -0.05) is 140 Å². The fourth-order valence-corrected chi connectivity index (χ4v) is 7.04. The molecule has 0 bridgehead atoms. The lowest BCUT2D eigenvalue weighted by atomic mass is 9.77. The number of aliphatic carboxylic acids is 1. The molecule has 0 saturated carbocycles. The summed E-state index contributed by atoms with van der Waals surface area (Å²) in [6.07, 6.45) is -1.29. The molecule has 1 atom stereocenters. The Balaban J connectivity index is 1.30. The molecule has 0 heterocycles. The number of carbonyl (C=O) groups excluding carboxylic acids is 2. The molecule has 0 saturated heterocycles. The number of nitrogens with one attached hydrogen (secondary N) is 1. The van der Waals surface area contributed by atoms with Gasteiger partial charge in [0.05, 0.1) is 6.42 Å². The summed E-state index contributed by atoms with van der Waals surface area (Å²) in [5.41, 5.74) is 4.56. The lowest BCUT2D eigenvalue weighted by Gasteiger charge is -2.40. The van der Waals surface area contributed by atoms with E-state index in [9.17, 15) is 19.5 Å². The van der Waals surface area contributed by atoms with Gasteiger partial charge in [-0.25, -0.2) is 9.59 Å². The molecule has 7 heteroatoms. The Morgan fingerprint density at radius 1 is 0.673 bits per heavy atom. The van der Waals surface area contributed by atoms with Crippen molar-refractivity contribution >= 4 is 18.0 Å². The van der Waals surface area contributed by atoms with Crippen molar-refractivity contribution in [2.24, 2.45) is 0 Å². The fourth-order valence-electron chi connectivity index (χ4n) is 7.04. The molecule has 5 aromatic carbocycles. The predicted octanol–water partition coefficient (Wildman–Crippen LogP) is 7.99. The summed E-state index contributed by atoms with van der Waals surface area (Å²) in [5.74, 6) is -2.04. The van der Waals surface area contributed by atoms with E-state index in [4.69, 9.17) is 4.74 Å². The number of rotatable bonds is 10. The minimum atomic E-state index is -1.50. The third kappa shape index (κ3) is 6.57. The van der Waals surface area contributed by atoms with Crippen LogP contribution in [0.1, 0.15) is 60.9 Å². The normalized spacial score (nSPS) is 13.1. The van der Waals surface area contributed by atoms with Crippen molar-refractivity contribution in [2.75, 3.05) is 6.61 Å². The summed E-state index contributed by atoms with van der Waals surface area (Å²) >= 11 is 0. The first kappa shape index (κ1) is 33.2. The summed E-state index contributed by atoms with van der Waals surface area (Å²) in [5, 5.41) is 13.8. The molecule has 6 rings (SSSR count). The van der Waals surface area contributed by atoms with Gasteiger partial charge in [-0.3, -0.25) is 9.69 Å². The first-order chi connectivity index (χ1) is 23.6.